The first kappa shape index (κ1) is 25.8. The van der Waals surface area contributed by atoms with Crippen LogP contribution in [-0.2, 0) is 11.2 Å². The third-order valence-corrected chi connectivity index (χ3v) is 5.80. The van der Waals surface area contributed by atoms with Gasteiger partial charge in [0.2, 0.25) is 0 Å². The second kappa shape index (κ2) is 16.6. The van der Waals surface area contributed by atoms with Gasteiger partial charge in [0, 0.05) is 24.5 Å². The summed E-state index contributed by atoms with van der Waals surface area (Å²) in [4.78, 5) is 12.3. The fraction of sp³-hybridized carbons (Fsp3) is 0.720. The number of hydrogen-bond acceptors (Lipinski definition) is 3. The summed E-state index contributed by atoms with van der Waals surface area (Å²) < 4.78 is 10.6. The number of ketones is 1. The van der Waals surface area contributed by atoms with E-state index in [9.17, 15) is 4.79 Å². The van der Waals surface area contributed by atoms with Crippen LogP contribution in [0.1, 0.15) is 102 Å². The molecule has 1 aromatic rings. The van der Waals surface area contributed by atoms with Crippen LogP contribution in [0.2, 0.25) is 5.02 Å². The number of halogens is 1. The zero-order chi connectivity index (χ0) is 21.3. The lowest BCUT2D eigenvalue weighted by Crippen LogP contribution is -2.05. The van der Waals surface area contributed by atoms with Crippen molar-refractivity contribution >= 4 is 17.4 Å². The number of unbranched alkanes of at least 4 members (excludes halogenated alkanes) is 12. The Hall–Kier alpha value is -1.22. The molecule has 1 rings (SSSR count). The zero-order valence-corrected chi connectivity index (χ0v) is 19.6. The number of ether oxygens (including phenoxy) is 2. The Morgan fingerprint density at radius 1 is 0.759 bits per heavy atom. The summed E-state index contributed by atoms with van der Waals surface area (Å²) in [6.07, 6.45) is 18.1. The maximum absolute atomic E-state index is 12.3. The minimum atomic E-state index is 0.246. The van der Waals surface area contributed by atoms with Gasteiger partial charge < -0.3 is 9.47 Å². The predicted octanol–water partition coefficient (Wildman–Crippen LogP) is 7.95. The van der Waals surface area contributed by atoms with Crippen LogP contribution in [0.5, 0.6) is 11.5 Å². The van der Waals surface area contributed by atoms with Crippen LogP contribution in [0, 0.1) is 0 Å². The Kier molecular flexibility index (Phi) is 14.7. The molecule has 166 valence electrons. The van der Waals surface area contributed by atoms with Gasteiger partial charge in [0.05, 0.1) is 19.2 Å². The Bertz CT molecular complexity index is 571. The standard InChI is InChI=1S/C25H41ClO3/c1-4-5-6-7-8-9-10-11-12-13-14-15-16-17-22(27)18-21-19-25(29-3)23(26)20-24(21)28-2/h19-20H,4-18H2,1-3H3. The Labute approximate surface area is 183 Å². The highest BCUT2D eigenvalue weighted by molar-refractivity contribution is 6.32. The van der Waals surface area contributed by atoms with Crippen LogP contribution in [-0.4, -0.2) is 20.0 Å². The molecule has 29 heavy (non-hydrogen) atoms. The van der Waals surface area contributed by atoms with E-state index in [1.165, 1.54) is 70.6 Å². The minimum Gasteiger partial charge on any atom is -0.496 e. The number of benzene rings is 1. The van der Waals surface area contributed by atoms with Gasteiger partial charge in [-0.05, 0) is 12.5 Å². The molecular formula is C25H41ClO3. The lowest BCUT2D eigenvalue weighted by atomic mass is 10.0. The molecule has 0 saturated carbocycles. The second-order valence-corrected chi connectivity index (χ2v) is 8.41. The van der Waals surface area contributed by atoms with Crippen molar-refractivity contribution in [3.05, 3.63) is 22.7 Å². The zero-order valence-electron chi connectivity index (χ0n) is 18.9. The molecule has 0 N–H and O–H groups in total. The van der Waals surface area contributed by atoms with Gasteiger partial charge in [0.25, 0.3) is 0 Å². The van der Waals surface area contributed by atoms with Crippen LogP contribution in [0.4, 0.5) is 0 Å². The lowest BCUT2D eigenvalue weighted by molar-refractivity contribution is -0.118. The molecule has 0 atom stereocenters. The molecule has 0 aromatic heterocycles. The first-order valence-corrected chi connectivity index (χ1v) is 11.9. The van der Waals surface area contributed by atoms with E-state index in [-0.39, 0.29) is 5.78 Å². The van der Waals surface area contributed by atoms with Gasteiger partial charge >= 0.3 is 0 Å². The summed E-state index contributed by atoms with van der Waals surface area (Å²) in [6, 6.07) is 3.52. The molecular weight excluding hydrogens is 384 g/mol. The van der Waals surface area contributed by atoms with Crippen molar-refractivity contribution in [3.8, 4) is 11.5 Å². The molecule has 0 unspecified atom stereocenters. The van der Waals surface area contributed by atoms with E-state index in [0.717, 1.165) is 18.4 Å². The topological polar surface area (TPSA) is 35.5 Å². The summed E-state index contributed by atoms with van der Waals surface area (Å²) in [5, 5.41) is 0.497. The van der Waals surface area contributed by atoms with E-state index in [1.807, 2.05) is 6.07 Å². The lowest BCUT2D eigenvalue weighted by Gasteiger charge is -2.11. The number of methoxy groups -OCH3 is 2. The van der Waals surface area contributed by atoms with Crippen LogP contribution < -0.4 is 9.47 Å². The van der Waals surface area contributed by atoms with Crippen molar-refractivity contribution in [2.45, 2.75) is 103 Å². The van der Waals surface area contributed by atoms with E-state index in [1.54, 1.807) is 20.3 Å². The third kappa shape index (κ3) is 11.5. The van der Waals surface area contributed by atoms with Crippen molar-refractivity contribution in [2.75, 3.05) is 14.2 Å². The minimum absolute atomic E-state index is 0.246. The van der Waals surface area contributed by atoms with Crippen LogP contribution >= 0.6 is 11.6 Å². The number of Topliss-reactive ketones (excluding diaryl/α,β-unsaturated/α-hetero) is 1. The Morgan fingerprint density at radius 3 is 1.72 bits per heavy atom. The van der Waals surface area contributed by atoms with E-state index < -0.39 is 0 Å². The smallest absolute Gasteiger partial charge is 0.138 e. The van der Waals surface area contributed by atoms with E-state index in [4.69, 9.17) is 21.1 Å². The van der Waals surface area contributed by atoms with Crippen molar-refractivity contribution in [1.29, 1.82) is 0 Å². The second-order valence-electron chi connectivity index (χ2n) is 8.01. The number of hydrogen-bond donors (Lipinski definition) is 0. The highest BCUT2D eigenvalue weighted by atomic mass is 35.5. The average Bonchev–Trinajstić information content (AvgIpc) is 2.72. The Balaban J connectivity index is 2.09. The highest BCUT2D eigenvalue weighted by Gasteiger charge is 2.13. The summed E-state index contributed by atoms with van der Waals surface area (Å²) in [6.45, 7) is 2.27. The van der Waals surface area contributed by atoms with Gasteiger partial charge in [-0.25, -0.2) is 0 Å². The number of rotatable bonds is 18. The molecule has 0 radical (unpaired) electrons. The van der Waals surface area contributed by atoms with E-state index in [0.29, 0.717) is 29.4 Å². The van der Waals surface area contributed by atoms with Crippen molar-refractivity contribution < 1.29 is 14.3 Å². The summed E-state index contributed by atoms with van der Waals surface area (Å²) >= 11 is 6.12. The molecule has 0 bridgehead atoms. The van der Waals surface area contributed by atoms with Crippen molar-refractivity contribution in [2.24, 2.45) is 0 Å². The molecule has 0 heterocycles. The summed E-state index contributed by atoms with van der Waals surface area (Å²) in [7, 11) is 3.17. The molecule has 0 saturated heterocycles. The van der Waals surface area contributed by atoms with Crippen molar-refractivity contribution in [3.63, 3.8) is 0 Å². The molecule has 0 spiro atoms. The monoisotopic (exact) mass is 424 g/mol. The van der Waals surface area contributed by atoms with Crippen LogP contribution in [0.15, 0.2) is 12.1 Å². The molecule has 1 aromatic carbocycles. The van der Waals surface area contributed by atoms with Crippen molar-refractivity contribution in [1.82, 2.24) is 0 Å². The number of carbonyl (C=O) groups excluding carboxylic acids is 1. The first-order valence-electron chi connectivity index (χ1n) is 11.5. The fourth-order valence-corrected chi connectivity index (χ4v) is 3.93. The maximum Gasteiger partial charge on any atom is 0.138 e. The summed E-state index contributed by atoms with van der Waals surface area (Å²) in [5.74, 6) is 1.47. The molecule has 0 aliphatic carbocycles. The molecule has 3 nitrogen and oxygen atoms in total. The fourth-order valence-electron chi connectivity index (χ4n) is 3.70. The highest BCUT2D eigenvalue weighted by Crippen LogP contribution is 2.33. The Morgan fingerprint density at radius 2 is 1.24 bits per heavy atom. The van der Waals surface area contributed by atoms with Crippen LogP contribution in [0.3, 0.4) is 0 Å². The van der Waals surface area contributed by atoms with Gasteiger partial charge in [0.15, 0.2) is 0 Å². The SMILES string of the molecule is CCCCCCCCCCCCCCCC(=O)Cc1cc(OC)c(Cl)cc1OC. The van der Waals surface area contributed by atoms with E-state index >= 15 is 0 Å². The predicted molar refractivity (Wildman–Crippen MR) is 124 cm³/mol. The average molecular weight is 425 g/mol. The quantitative estimate of drug-likeness (QED) is 0.224. The first-order chi connectivity index (χ1) is 14.1. The van der Waals surface area contributed by atoms with Gasteiger partial charge in [-0.3, -0.25) is 4.79 Å². The normalized spacial score (nSPS) is 10.9. The maximum atomic E-state index is 12.3. The molecule has 4 heteroatoms. The molecule has 0 amide bonds. The molecule has 0 fully saturated rings. The van der Waals surface area contributed by atoms with Gasteiger partial charge in [-0.2, -0.15) is 0 Å². The largest absolute Gasteiger partial charge is 0.496 e. The molecule has 0 aliphatic rings. The van der Waals surface area contributed by atoms with E-state index in [2.05, 4.69) is 6.92 Å². The van der Waals surface area contributed by atoms with Gasteiger partial charge in [-0.1, -0.05) is 95.6 Å². The third-order valence-electron chi connectivity index (χ3n) is 5.50. The molecule has 0 aliphatic heterocycles. The number of carbonyl (C=O) groups is 1. The van der Waals surface area contributed by atoms with Gasteiger partial charge in [-0.15, -0.1) is 0 Å². The van der Waals surface area contributed by atoms with Crippen LogP contribution in [0.25, 0.3) is 0 Å². The summed E-state index contributed by atoms with van der Waals surface area (Å²) in [5.41, 5.74) is 0.841. The van der Waals surface area contributed by atoms with Gasteiger partial charge in [0.1, 0.15) is 17.3 Å².